The predicted molar refractivity (Wildman–Crippen MR) is 80.7 cm³/mol. The molecular formula is C17H23N3O2. The molecule has 1 N–H and O–H groups in total. The van der Waals surface area contributed by atoms with Crippen LogP contribution in [0, 0.1) is 35.5 Å². The molecule has 1 saturated carbocycles. The molecule has 3 aliphatic heterocycles. The molecule has 0 aromatic rings. The lowest BCUT2D eigenvalue weighted by atomic mass is 9.86. The largest absolute Gasteiger partial charge is 0.334 e. The number of fused-ring (bicyclic) bond motifs is 6. The van der Waals surface area contributed by atoms with Gasteiger partial charge in [0.25, 0.3) is 0 Å². The van der Waals surface area contributed by atoms with Gasteiger partial charge in [0.15, 0.2) is 0 Å². The summed E-state index contributed by atoms with van der Waals surface area (Å²) in [6.45, 7) is 5.09. The van der Waals surface area contributed by atoms with Crippen molar-refractivity contribution in [2.24, 2.45) is 35.5 Å². The standard InChI is InChI=1S/C17H23N3O2/c21-16(19-6-12-4-18-5-13(12)7-19)17(22)20-8-14-10-1-2-11(3-10)15(14)9-20/h1-2,10-15,18H,3-9H2/t10?,11?,12-,13+,14-,15+. The second kappa shape index (κ2) is 4.57. The Morgan fingerprint density at radius 1 is 0.818 bits per heavy atom. The minimum Gasteiger partial charge on any atom is -0.334 e. The van der Waals surface area contributed by atoms with Crippen LogP contribution in [0.25, 0.3) is 0 Å². The summed E-state index contributed by atoms with van der Waals surface area (Å²) in [6.07, 6.45) is 5.93. The number of carbonyl (C=O) groups excluding carboxylic acids is 2. The minimum absolute atomic E-state index is 0.248. The van der Waals surface area contributed by atoms with Crippen LogP contribution in [0.2, 0.25) is 0 Å². The molecule has 6 atom stereocenters. The van der Waals surface area contributed by atoms with Crippen LogP contribution in [0.3, 0.4) is 0 Å². The fraction of sp³-hybridized carbons (Fsp3) is 0.765. The Kier molecular flexibility index (Phi) is 2.72. The minimum atomic E-state index is -0.255. The molecule has 5 aliphatic rings. The van der Waals surface area contributed by atoms with Crippen LogP contribution in [0.5, 0.6) is 0 Å². The van der Waals surface area contributed by atoms with Gasteiger partial charge in [-0.3, -0.25) is 9.59 Å². The highest BCUT2D eigenvalue weighted by atomic mass is 16.2. The molecule has 5 nitrogen and oxygen atoms in total. The Balaban J connectivity index is 1.25. The number of likely N-dealkylation sites (tertiary alicyclic amines) is 2. The topological polar surface area (TPSA) is 52.7 Å². The molecule has 2 bridgehead atoms. The van der Waals surface area contributed by atoms with E-state index in [-0.39, 0.29) is 11.8 Å². The molecule has 0 aromatic carbocycles. The average molecular weight is 301 g/mol. The van der Waals surface area contributed by atoms with Crippen LogP contribution in [-0.4, -0.2) is 60.9 Å². The summed E-state index contributed by atoms with van der Waals surface area (Å²) in [5.41, 5.74) is 0. The molecule has 2 amide bonds. The van der Waals surface area contributed by atoms with Crippen molar-refractivity contribution in [3.8, 4) is 0 Å². The summed E-state index contributed by atoms with van der Waals surface area (Å²) >= 11 is 0. The molecule has 4 fully saturated rings. The summed E-state index contributed by atoms with van der Waals surface area (Å²) in [4.78, 5) is 28.8. The van der Waals surface area contributed by atoms with E-state index in [0.29, 0.717) is 35.5 Å². The third kappa shape index (κ3) is 1.75. The third-order valence-corrected chi connectivity index (χ3v) is 6.81. The van der Waals surface area contributed by atoms with Crippen LogP contribution in [0.15, 0.2) is 12.2 Å². The van der Waals surface area contributed by atoms with E-state index in [9.17, 15) is 9.59 Å². The molecule has 3 saturated heterocycles. The summed E-state index contributed by atoms with van der Waals surface area (Å²) in [5.74, 6) is 3.11. The number of allylic oxidation sites excluding steroid dienone is 2. The van der Waals surface area contributed by atoms with Crippen molar-refractivity contribution < 1.29 is 9.59 Å². The van der Waals surface area contributed by atoms with Gasteiger partial charge in [-0.05, 0) is 41.9 Å². The summed E-state index contributed by atoms with van der Waals surface area (Å²) in [5, 5.41) is 3.37. The molecule has 3 heterocycles. The van der Waals surface area contributed by atoms with E-state index in [1.54, 1.807) is 4.90 Å². The van der Waals surface area contributed by atoms with E-state index < -0.39 is 0 Å². The molecule has 0 radical (unpaired) electrons. The number of hydrogen-bond donors (Lipinski definition) is 1. The summed E-state index contributed by atoms with van der Waals surface area (Å²) < 4.78 is 0. The lowest BCUT2D eigenvalue weighted by molar-refractivity contribution is -0.151. The maximum absolute atomic E-state index is 12.6. The van der Waals surface area contributed by atoms with Crippen molar-refractivity contribution in [3.05, 3.63) is 12.2 Å². The van der Waals surface area contributed by atoms with Gasteiger partial charge in [0.05, 0.1) is 0 Å². The van der Waals surface area contributed by atoms with E-state index in [2.05, 4.69) is 17.5 Å². The van der Waals surface area contributed by atoms with Crippen molar-refractivity contribution >= 4 is 11.8 Å². The first-order chi connectivity index (χ1) is 10.7. The van der Waals surface area contributed by atoms with E-state index in [0.717, 1.165) is 39.3 Å². The highest BCUT2D eigenvalue weighted by Crippen LogP contribution is 2.51. The number of amides is 2. The van der Waals surface area contributed by atoms with Crippen LogP contribution in [-0.2, 0) is 9.59 Å². The smallest absolute Gasteiger partial charge is 0.312 e. The van der Waals surface area contributed by atoms with Crippen molar-refractivity contribution in [3.63, 3.8) is 0 Å². The second-order valence-electron chi connectivity index (χ2n) is 7.87. The van der Waals surface area contributed by atoms with E-state index in [1.165, 1.54) is 6.42 Å². The average Bonchev–Trinajstić information content (AvgIpc) is 3.27. The second-order valence-corrected chi connectivity index (χ2v) is 7.87. The Labute approximate surface area is 130 Å². The van der Waals surface area contributed by atoms with Crippen molar-refractivity contribution in [2.75, 3.05) is 39.3 Å². The molecule has 0 aromatic heterocycles. The van der Waals surface area contributed by atoms with Gasteiger partial charge in [-0.2, -0.15) is 0 Å². The summed E-state index contributed by atoms with van der Waals surface area (Å²) in [7, 11) is 0. The molecule has 5 heteroatoms. The molecular weight excluding hydrogens is 278 g/mol. The van der Waals surface area contributed by atoms with E-state index in [1.807, 2.05) is 4.90 Å². The van der Waals surface area contributed by atoms with Crippen LogP contribution in [0.4, 0.5) is 0 Å². The van der Waals surface area contributed by atoms with Gasteiger partial charge in [0.2, 0.25) is 0 Å². The Bertz CT molecular complexity index is 528. The Morgan fingerprint density at radius 3 is 1.86 bits per heavy atom. The van der Waals surface area contributed by atoms with E-state index >= 15 is 0 Å². The van der Waals surface area contributed by atoms with Crippen LogP contribution < -0.4 is 5.32 Å². The van der Waals surface area contributed by atoms with Crippen molar-refractivity contribution in [1.82, 2.24) is 15.1 Å². The predicted octanol–water partition coefficient (Wildman–Crippen LogP) is -0.0553. The maximum Gasteiger partial charge on any atom is 0.312 e. The SMILES string of the molecule is O=C(C(=O)N1C[C@@H]2C3C=CC(C3)[C@@H]2C1)N1C[C@H]2CNC[C@H]2C1. The normalized spacial score (nSPS) is 44.7. The van der Waals surface area contributed by atoms with Gasteiger partial charge in [0.1, 0.15) is 0 Å². The zero-order valence-electron chi connectivity index (χ0n) is 12.8. The van der Waals surface area contributed by atoms with E-state index in [4.69, 9.17) is 0 Å². The maximum atomic E-state index is 12.6. The van der Waals surface area contributed by atoms with Gasteiger partial charge < -0.3 is 15.1 Å². The number of hydrogen-bond acceptors (Lipinski definition) is 3. The van der Waals surface area contributed by atoms with Crippen LogP contribution >= 0.6 is 0 Å². The molecule has 5 rings (SSSR count). The van der Waals surface area contributed by atoms with Gasteiger partial charge in [0, 0.05) is 39.3 Å². The quantitative estimate of drug-likeness (QED) is 0.504. The zero-order chi connectivity index (χ0) is 14.8. The van der Waals surface area contributed by atoms with Gasteiger partial charge in [-0.25, -0.2) is 0 Å². The zero-order valence-corrected chi connectivity index (χ0v) is 12.8. The molecule has 2 unspecified atom stereocenters. The summed E-state index contributed by atoms with van der Waals surface area (Å²) in [6, 6.07) is 0. The molecule has 0 spiro atoms. The lowest BCUT2D eigenvalue weighted by Crippen LogP contribution is -2.44. The monoisotopic (exact) mass is 301 g/mol. The Morgan fingerprint density at radius 2 is 1.32 bits per heavy atom. The number of nitrogens with zero attached hydrogens (tertiary/aromatic N) is 2. The van der Waals surface area contributed by atoms with Gasteiger partial charge in [-0.1, -0.05) is 12.2 Å². The fourth-order valence-electron chi connectivity index (χ4n) is 5.61. The van der Waals surface area contributed by atoms with Gasteiger partial charge in [-0.15, -0.1) is 0 Å². The lowest BCUT2D eigenvalue weighted by Gasteiger charge is -2.22. The first-order valence-corrected chi connectivity index (χ1v) is 8.68. The van der Waals surface area contributed by atoms with Gasteiger partial charge >= 0.3 is 11.8 Å². The first-order valence-electron chi connectivity index (χ1n) is 8.68. The fourth-order valence-corrected chi connectivity index (χ4v) is 5.61. The van der Waals surface area contributed by atoms with Crippen LogP contribution in [0.1, 0.15) is 6.42 Å². The number of carbonyl (C=O) groups is 2. The highest BCUT2D eigenvalue weighted by molar-refractivity contribution is 6.35. The number of nitrogens with one attached hydrogen (secondary N) is 1. The molecule has 22 heavy (non-hydrogen) atoms. The highest BCUT2D eigenvalue weighted by Gasteiger charge is 2.51. The van der Waals surface area contributed by atoms with Crippen molar-refractivity contribution in [1.29, 1.82) is 0 Å². The number of rotatable bonds is 0. The molecule has 2 aliphatic carbocycles. The third-order valence-electron chi connectivity index (χ3n) is 6.81. The van der Waals surface area contributed by atoms with Crippen molar-refractivity contribution in [2.45, 2.75) is 6.42 Å². The Hall–Kier alpha value is -1.36. The first kappa shape index (κ1) is 13.1. The molecule has 118 valence electrons.